The zero-order chi connectivity index (χ0) is 15.2. The first kappa shape index (κ1) is 15.5. The molecule has 0 aromatic heterocycles. The molecule has 4 nitrogen and oxygen atoms in total. The molecule has 0 aliphatic rings. The van der Waals surface area contributed by atoms with Crippen molar-refractivity contribution in [3.05, 3.63) is 52.5 Å². The van der Waals surface area contributed by atoms with Crippen molar-refractivity contribution in [3.63, 3.8) is 0 Å². The molecule has 0 aliphatic heterocycles. The Balaban J connectivity index is 2.00. The molecule has 0 saturated heterocycles. The van der Waals surface area contributed by atoms with E-state index in [-0.39, 0.29) is 19.0 Å². The number of ether oxygens (including phenoxy) is 1. The number of benzene rings is 2. The number of nitrogens with one attached hydrogen (secondary N) is 1. The molecule has 0 fully saturated rings. The first-order chi connectivity index (χ1) is 10.1. The van der Waals surface area contributed by atoms with E-state index in [2.05, 4.69) is 5.32 Å². The lowest BCUT2D eigenvalue weighted by molar-refractivity contribution is 0.201. The molecule has 0 saturated carbocycles. The molecular formula is C16H18ClNO3. The van der Waals surface area contributed by atoms with Gasteiger partial charge in [-0.25, -0.2) is 0 Å². The number of halogens is 1. The van der Waals surface area contributed by atoms with E-state index in [1.54, 1.807) is 12.1 Å². The molecule has 0 heterocycles. The lowest BCUT2D eigenvalue weighted by Gasteiger charge is -2.11. The Labute approximate surface area is 129 Å². The third kappa shape index (κ3) is 4.28. The minimum Gasteiger partial charge on any atom is -0.507 e. The van der Waals surface area contributed by atoms with E-state index in [1.165, 1.54) is 0 Å². The number of rotatable bonds is 6. The van der Waals surface area contributed by atoms with Gasteiger partial charge in [0.25, 0.3) is 0 Å². The molecule has 0 aliphatic carbocycles. The van der Waals surface area contributed by atoms with Crippen LogP contribution in [0.2, 0.25) is 5.02 Å². The summed E-state index contributed by atoms with van der Waals surface area (Å²) in [6.45, 7) is 2.57. The minimum atomic E-state index is -0.00655. The van der Waals surface area contributed by atoms with Crippen LogP contribution < -0.4 is 10.1 Å². The van der Waals surface area contributed by atoms with Gasteiger partial charge in [0.15, 0.2) is 0 Å². The summed E-state index contributed by atoms with van der Waals surface area (Å²) in [7, 11) is 0. The van der Waals surface area contributed by atoms with Gasteiger partial charge in [0, 0.05) is 22.8 Å². The van der Waals surface area contributed by atoms with Gasteiger partial charge >= 0.3 is 0 Å². The maximum atomic E-state index is 10.00. The fraction of sp³-hybridized carbons (Fsp3) is 0.250. The summed E-state index contributed by atoms with van der Waals surface area (Å²) in [5, 5.41) is 22.5. The van der Waals surface area contributed by atoms with E-state index in [9.17, 15) is 5.11 Å². The second-order valence-electron chi connectivity index (χ2n) is 4.68. The second kappa shape index (κ2) is 7.20. The summed E-state index contributed by atoms with van der Waals surface area (Å²) in [5.74, 6) is 0.964. The topological polar surface area (TPSA) is 61.7 Å². The molecule has 0 radical (unpaired) electrons. The van der Waals surface area contributed by atoms with Crippen LogP contribution in [0.4, 0.5) is 5.69 Å². The van der Waals surface area contributed by atoms with Crippen LogP contribution in [0, 0.1) is 6.92 Å². The van der Waals surface area contributed by atoms with Crippen molar-refractivity contribution in [2.24, 2.45) is 0 Å². The van der Waals surface area contributed by atoms with E-state index in [1.807, 2.05) is 31.2 Å². The second-order valence-corrected chi connectivity index (χ2v) is 5.12. The molecule has 112 valence electrons. The largest absolute Gasteiger partial charge is 0.507 e. The zero-order valence-corrected chi connectivity index (χ0v) is 12.5. The van der Waals surface area contributed by atoms with Gasteiger partial charge < -0.3 is 20.3 Å². The first-order valence-electron chi connectivity index (χ1n) is 6.65. The predicted molar refractivity (Wildman–Crippen MR) is 84.2 cm³/mol. The Bertz CT molecular complexity index is 599. The highest BCUT2D eigenvalue weighted by Crippen LogP contribution is 2.27. The van der Waals surface area contributed by atoms with Crippen LogP contribution in [0.1, 0.15) is 11.1 Å². The maximum Gasteiger partial charge on any atom is 0.123 e. The molecule has 2 aromatic rings. The van der Waals surface area contributed by atoms with Crippen molar-refractivity contribution in [1.29, 1.82) is 0 Å². The van der Waals surface area contributed by atoms with Crippen molar-refractivity contribution in [1.82, 2.24) is 0 Å². The predicted octanol–water partition coefficient (Wildman–Crippen LogP) is 3.34. The Morgan fingerprint density at radius 2 is 1.90 bits per heavy atom. The Morgan fingerprint density at radius 1 is 1.19 bits per heavy atom. The van der Waals surface area contributed by atoms with Crippen LogP contribution in [0.25, 0.3) is 0 Å². The van der Waals surface area contributed by atoms with Crippen LogP contribution in [-0.2, 0) is 6.54 Å². The van der Waals surface area contributed by atoms with E-state index in [4.69, 9.17) is 21.4 Å². The molecular weight excluding hydrogens is 290 g/mol. The molecule has 0 amide bonds. The van der Waals surface area contributed by atoms with Gasteiger partial charge in [-0.2, -0.15) is 0 Å². The number of phenolic OH excluding ortho intramolecular Hbond substituents is 1. The standard InChI is InChI=1S/C16H18ClNO3/c1-11-8-13(17)9-12(16(11)20)10-18-14-2-4-15(5-3-14)21-7-6-19/h2-5,8-9,18-20H,6-7,10H2,1H3. The monoisotopic (exact) mass is 307 g/mol. The number of aliphatic hydroxyl groups excluding tert-OH is 1. The summed E-state index contributed by atoms with van der Waals surface area (Å²) in [4.78, 5) is 0. The summed E-state index contributed by atoms with van der Waals surface area (Å²) in [6.07, 6.45) is 0. The quantitative estimate of drug-likeness (QED) is 0.766. The molecule has 0 bridgehead atoms. The third-order valence-corrected chi connectivity index (χ3v) is 3.26. The van der Waals surface area contributed by atoms with Gasteiger partial charge in [0.2, 0.25) is 0 Å². The minimum absolute atomic E-state index is 0.00655. The number of hydrogen-bond acceptors (Lipinski definition) is 4. The van der Waals surface area contributed by atoms with Crippen molar-refractivity contribution in [2.45, 2.75) is 13.5 Å². The highest BCUT2D eigenvalue weighted by molar-refractivity contribution is 6.30. The van der Waals surface area contributed by atoms with Crippen LogP contribution in [-0.4, -0.2) is 23.4 Å². The highest BCUT2D eigenvalue weighted by Gasteiger charge is 2.06. The van der Waals surface area contributed by atoms with Crippen LogP contribution >= 0.6 is 11.6 Å². The van der Waals surface area contributed by atoms with Gasteiger partial charge in [-0.15, -0.1) is 0 Å². The lowest BCUT2D eigenvalue weighted by Crippen LogP contribution is -2.02. The average molecular weight is 308 g/mol. The Hall–Kier alpha value is -1.91. The van der Waals surface area contributed by atoms with Crippen LogP contribution in [0.15, 0.2) is 36.4 Å². The smallest absolute Gasteiger partial charge is 0.123 e. The number of aryl methyl sites for hydroxylation is 1. The van der Waals surface area contributed by atoms with Gasteiger partial charge in [0.05, 0.1) is 6.61 Å². The molecule has 0 spiro atoms. The molecule has 0 unspecified atom stereocenters. The summed E-state index contributed by atoms with van der Waals surface area (Å²) < 4.78 is 5.29. The van der Waals surface area contributed by atoms with Gasteiger partial charge in [-0.05, 0) is 48.9 Å². The zero-order valence-electron chi connectivity index (χ0n) is 11.8. The average Bonchev–Trinajstić information content (AvgIpc) is 2.48. The number of aromatic hydroxyl groups is 1. The van der Waals surface area contributed by atoms with E-state index in [0.717, 1.165) is 16.8 Å². The summed E-state index contributed by atoms with van der Waals surface area (Å²) in [6, 6.07) is 10.9. The third-order valence-electron chi connectivity index (χ3n) is 3.04. The molecule has 5 heteroatoms. The van der Waals surface area contributed by atoms with E-state index in [0.29, 0.717) is 17.3 Å². The van der Waals surface area contributed by atoms with Gasteiger partial charge in [-0.1, -0.05) is 11.6 Å². The normalized spacial score (nSPS) is 10.4. The van der Waals surface area contributed by atoms with E-state index >= 15 is 0 Å². The summed E-state index contributed by atoms with van der Waals surface area (Å²) in [5.41, 5.74) is 2.41. The Morgan fingerprint density at radius 3 is 2.57 bits per heavy atom. The SMILES string of the molecule is Cc1cc(Cl)cc(CNc2ccc(OCCO)cc2)c1O. The first-order valence-corrected chi connectivity index (χ1v) is 7.03. The number of phenols is 1. The van der Waals surface area contributed by atoms with Crippen molar-refractivity contribution in [3.8, 4) is 11.5 Å². The highest BCUT2D eigenvalue weighted by atomic mass is 35.5. The molecule has 0 atom stereocenters. The fourth-order valence-corrected chi connectivity index (χ4v) is 2.26. The van der Waals surface area contributed by atoms with Crippen LogP contribution in [0.3, 0.4) is 0 Å². The molecule has 21 heavy (non-hydrogen) atoms. The number of aliphatic hydroxyl groups is 1. The van der Waals surface area contributed by atoms with Crippen molar-refractivity contribution in [2.75, 3.05) is 18.5 Å². The van der Waals surface area contributed by atoms with Crippen molar-refractivity contribution >= 4 is 17.3 Å². The lowest BCUT2D eigenvalue weighted by atomic mass is 10.1. The fourth-order valence-electron chi connectivity index (χ4n) is 1.97. The molecule has 2 rings (SSSR count). The molecule has 2 aromatic carbocycles. The number of hydrogen-bond donors (Lipinski definition) is 3. The van der Waals surface area contributed by atoms with Crippen LogP contribution in [0.5, 0.6) is 11.5 Å². The van der Waals surface area contributed by atoms with Gasteiger partial charge in [0.1, 0.15) is 18.1 Å². The van der Waals surface area contributed by atoms with Crippen molar-refractivity contribution < 1.29 is 14.9 Å². The van der Waals surface area contributed by atoms with Gasteiger partial charge in [-0.3, -0.25) is 0 Å². The number of anilines is 1. The Kier molecular flexibility index (Phi) is 5.31. The maximum absolute atomic E-state index is 10.00. The van der Waals surface area contributed by atoms with E-state index < -0.39 is 0 Å². The molecule has 3 N–H and O–H groups in total. The summed E-state index contributed by atoms with van der Waals surface area (Å²) >= 11 is 6.00.